The quantitative estimate of drug-likeness (QED) is 0.730. The van der Waals surface area contributed by atoms with E-state index in [4.69, 9.17) is 14.2 Å². The van der Waals surface area contributed by atoms with Crippen LogP contribution in [-0.4, -0.2) is 32.1 Å². The molecule has 0 aliphatic carbocycles. The van der Waals surface area contributed by atoms with Crippen LogP contribution in [0.1, 0.15) is 28.4 Å². The Labute approximate surface area is 158 Å². The van der Waals surface area contributed by atoms with E-state index in [1.54, 1.807) is 18.2 Å². The Morgan fingerprint density at radius 2 is 1.63 bits per heavy atom. The first-order valence-corrected chi connectivity index (χ1v) is 8.54. The summed E-state index contributed by atoms with van der Waals surface area (Å²) in [5.41, 5.74) is 7.08. The second-order valence-corrected chi connectivity index (χ2v) is 5.91. The summed E-state index contributed by atoms with van der Waals surface area (Å²) in [7, 11) is 1.49. The molecule has 2 N–H and O–H groups in total. The van der Waals surface area contributed by atoms with E-state index in [1.165, 1.54) is 7.11 Å². The highest BCUT2D eigenvalue weighted by atomic mass is 16.5. The Morgan fingerprint density at radius 1 is 0.926 bits per heavy atom. The molecule has 0 aromatic heterocycles. The fraction of sp³-hybridized carbons (Fsp3) is 0.300. The van der Waals surface area contributed by atoms with Crippen LogP contribution in [0.5, 0.6) is 17.2 Å². The van der Waals surface area contributed by atoms with Crippen molar-refractivity contribution in [2.45, 2.75) is 20.8 Å². The SMILES string of the molecule is CCOc1ccc(C(=O)NNC(=O)COc2cc(C)cc(C)c2)cc1OC. The molecule has 144 valence electrons. The zero-order valence-corrected chi connectivity index (χ0v) is 15.9. The van der Waals surface area contributed by atoms with E-state index in [0.717, 1.165) is 11.1 Å². The highest BCUT2D eigenvalue weighted by Crippen LogP contribution is 2.27. The molecule has 0 aliphatic heterocycles. The number of rotatable bonds is 7. The van der Waals surface area contributed by atoms with Gasteiger partial charge in [-0.25, -0.2) is 0 Å². The summed E-state index contributed by atoms with van der Waals surface area (Å²) in [6.07, 6.45) is 0. The third-order valence-electron chi connectivity index (χ3n) is 3.61. The number of carbonyl (C=O) groups excluding carboxylic acids is 2. The number of ether oxygens (including phenoxy) is 3. The highest BCUT2D eigenvalue weighted by Gasteiger charge is 2.12. The van der Waals surface area contributed by atoms with Crippen LogP contribution in [0.25, 0.3) is 0 Å². The van der Waals surface area contributed by atoms with Crippen LogP contribution in [0.15, 0.2) is 36.4 Å². The second kappa shape index (κ2) is 9.47. The first-order chi connectivity index (χ1) is 12.9. The van der Waals surface area contributed by atoms with E-state index in [9.17, 15) is 9.59 Å². The molecule has 7 nitrogen and oxygen atoms in total. The summed E-state index contributed by atoms with van der Waals surface area (Å²) < 4.78 is 16.1. The number of aryl methyl sites for hydroxylation is 2. The summed E-state index contributed by atoms with van der Waals surface area (Å²) >= 11 is 0. The Hall–Kier alpha value is -3.22. The normalized spacial score (nSPS) is 10.1. The summed E-state index contributed by atoms with van der Waals surface area (Å²) in [6, 6.07) is 10.5. The Morgan fingerprint density at radius 3 is 2.26 bits per heavy atom. The van der Waals surface area contributed by atoms with E-state index in [1.807, 2.05) is 39.0 Å². The van der Waals surface area contributed by atoms with Gasteiger partial charge >= 0.3 is 0 Å². The number of hydrazine groups is 1. The lowest BCUT2D eigenvalue weighted by Gasteiger charge is -2.12. The molecule has 0 heterocycles. The van der Waals surface area contributed by atoms with Crippen molar-refractivity contribution < 1.29 is 23.8 Å². The maximum Gasteiger partial charge on any atom is 0.276 e. The molecule has 0 bridgehead atoms. The van der Waals surface area contributed by atoms with Gasteiger partial charge in [0, 0.05) is 5.56 Å². The van der Waals surface area contributed by atoms with Gasteiger partial charge in [0.2, 0.25) is 0 Å². The minimum atomic E-state index is -0.476. The van der Waals surface area contributed by atoms with Crippen molar-refractivity contribution in [2.75, 3.05) is 20.3 Å². The largest absolute Gasteiger partial charge is 0.493 e. The van der Waals surface area contributed by atoms with Gasteiger partial charge in [0.05, 0.1) is 13.7 Å². The summed E-state index contributed by atoms with van der Waals surface area (Å²) in [5, 5.41) is 0. The molecule has 0 aliphatic rings. The van der Waals surface area contributed by atoms with Gasteiger partial charge in [-0.05, 0) is 62.2 Å². The number of carbonyl (C=O) groups is 2. The molecule has 2 aromatic carbocycles. The molecular weight excluding hydrogens is 348 g/mol. The molecule has 0 unspecified atom stereocenters. The highest BCUT2D eigenvalue weighted by molar-refractivity contribution is 5.96. The second-order valence-electron chi connectivity index (χ2n) is 5.91. The zero-order valence-electron chi connectivity index (χ0n) is 15.9. The minimum Gasteiger partial charge on any atom is -0.493 e. The van der Waals surface area contributed by atoms with Gasteiger partial charge in [-0.3, -0.25) is 20.4 Å². The van der Waals surface area contributed by atoms with Crippen molar-refractivity contribution in [1.82, 2.24) is 10.9 Å². The van der Waals surface area contributed by atoms with Crippen molar-refractivity contribution in [3.63, 3.8) is 0 Å². The van der Waals surface area contributed by atoms with E-state index in [-0.39, 0.29) is 6.61 Å². The van der Waals surface area contributed by atoms with E-state index >= 15 is 0 Å². The number of hydrogen-bond acceptors (Lipinski definition) is 5. The predicted molar refractivity (Wildman–Crippen MR) is 101 cm³/mol. The third-order valence-corrected chi connectivity index (χ3v) is 3.61. The van der Waals surface area contributed by atoms with Crippen molar-refractivity contribution in [3.05, 3.63) is 53.1 Å². The molecule has 7 heteroatoms. The fourth-order valence-corrected chi connectivity index (χ4v) is 2.48. The number of amides is 2. The molecule has 0 saturated carbocycles. The lowest BCUT2D eigenvalue weighted by molar-refractivity contribution is -0.123. The fourth-order valence-electron chi connectivity index (χ4n) is 2.48. The number of benzene rings is 2. The van der Waals surface area contributed by atoms with Gasteiger partial charge in [-0.2, -0.15) is 0 Å². The van der Waals surface area contributed by atoms with Gasteiger partial charge in [0.25, 0.3) is 11.8 Å². The average Bonchev–Trinajstić information content (AvgIpc) is 2.64. The van der Waals surface area contributed by atoms with Crippen LogP contribution in [-0.2, 0) is 4.79 Å². The maximum atomic E-state index is 12.2. The van der Waals surface area contributed by atoms with E-state index in [0.29, 0.717) is 29.4 Å². The Bertz CT molecular complexity index is 800. The number of hydrogen-bond donors (Lipinski definition) is 2. The minimum absolute atomic E-state index is 0.213. The summed E-state index contributed by atoms with van der Waals surface area (Å²) in [6.45, 7) is 6.03. The summed E-state index contributed by atoms with van der Waals surface area (Å²) in [5.74, 6) is 0.637. The molecule has 0 spiro atoms. The van der Waals surface area contributed by atoms with E-state index < -0.39 is 11.8 Å². The van der Waals surface area contributed by atoms with Crippen LogP contribution in [0.2, 0.25) is 0 Å². The van der Waals surface area contributed by atoms with Gasteiger partial charge in [0.1, 0.15) is 5.75 Å². The molecule has 0 radical (unpaired) electrons. The van der Waals surface area contributed by atoms with Crippen molar-refractivity contribution in [3.8, 4) is 17.2 Å². The Kier molecular flexibility index (Phi) is 7.05. The first kappa shape index (κ1) is 20.1. The molecule has 2 amide bonds. The molecule has 2 aromatic rings. The molecule has 2 rings (SSSR count). The standard InChI is InChI=1S/C20H24N2O5/c1-5-26-17-7-6-15(11-18(17)25-4)20(24)22-21-19(23)12-27-16-9-13(2)8-14(3)10-16/h6-11H,5,12H2,1-4H3,(H,21,23)(H,22,24). The zero-order chi connectivity index (χ0) is 19.8. The lowest BCUT2D eigenvalue weighted by Crippen LogP contribution is -2.43. The van der Waals surface area contributed by atoms with Crippen LogP contribution in [0.3, 0.4) is 0 Å². The molecule has 27 heavy (non-hydrogen) atoms. The van der Waals surface area contributed by atoms with Gasteiger partial charge in [-0.1, -0.05) is 6.07 Å². The van der Waals surface area contributed by atoms with Crippen molar-refractivity contribution in [1.29, 1.82) is 0 Å². The van der Waals surface area contributed by atoms with Gasteiger partial charge in [0.15, 0.2) is 18.1 Å². The molecule has 0 saturated heterocycles. The van der Waals surface area contributed by atoms with Gasteiger partial charge in [-0.15, -0.1) is 0 Å². The van der Waals surface area contributed by atoms with Gasteiger partial charge < -0.3 is 14.2 Å². The molecule has 0 atom stereocenters. The third kappa shape index (κ3) is 5.91. The predicted octanol–water partition coefficient (Wildman–Crippen LogP) is 2.55. The first-order valence-electron chi connectivity index (χ1n) is 8.54. The van der Waals surface area contributed by atoms with Crippen LogP contribution in [0.4, 0.5) is 0 Å². The maximum absolute atomic E-state index is 12.2. The molecule has 0 fully saturated rings. The van der Waals surface area contributed by atoms with Crippen LogP contribution >= 0.6 is 0 Å². The van der Waals surface area contributed by atoms with Crippen molar-refractivity contribution in [2.24, 2.45) is 0 Å². The monoisotopic (exact) mass is 372 g/mol. The van der Waals surface area contributed by atoms with E-state index in [2.05, 4.69) is 10.9 Å². The smallest absolute Gasteiger partial charge is 0.276 e. The van der Waals surface area contributed by atoms with Crippen LogP contribution < -0.4 is 25.1 Å². The topological polar surface area (TPSA) is 85.9 Å². The number of methoxy groups -OCH3 is 1. The number of nitrogens with one attached hydrogen (secondary N) is 2. The van der Waals surface area contributed by atoms with Crippen molar-refractivity contribution >= 4 is 11.8 Å². The van der Waals surface area contributed by atoms with Crippen LogP contribution in [0, 0.1) is 13.8 Å². The Balaban J connectivity index is 1.88. The molecular formula is C20H24N2O5. The lowest BCUT2D eigenvalue weighted by atomic mass is 10.1. The summed E-state index contributed by atoms with van der Waals surface area (Å²) in [4.78, 5) is 24.1. The average molecular weight is 372 g/mol.